The van der Waals surface area contributed by atoms with Crippen LogP contribution in [0.2, 0.25) is 0 Å². The molecule has 5 rings (SSSR count). The van der Waals surface area contributed by atoms with Crippen LogP contribution < -0.4 is 9.64 Å². The lowest BCUT2D eigenvalue weighted by atomic mass is 9.85. The van der Waals surface area contributed by atoms with E-state index < -0.39 is 5.97 Å². The molecule has 2 amide bonds. The number of fused-ring (bicyclic) bond motifs is 5. The van der Waals surface area contributed by atoms with E-state index in [0.29, 0.717) is 11.3 Å². The van der Waals surface area contributed by atoms with Crippen LogP contribution in [0.1, 0.15) is 34.1 Å². The third-order valence-electron chi connectivity index (χ3n) is 6.28. The van der Waals surface area contributed by atoms with Gasteiger partial charge in [0.1, 0.15) is 5.75 Å². The van der Waals surface area contributed by atoms with Gasteiger partial charge in [-0.05, 0) is 55.5 Å². The summed E-state index contributed by atoms with van der Waals surface area (Å²) in [6.07, 6.45) is 4.95. The van der Waals surface area contributed by atoms with E-state index >= 15 is 0 Å². The molecule has 1 saturated carbocycles. The number of amides is 2. The molecule has 150 valence electrons. The first kappa shape index (κ1) is 18.5. The lowest BCUT2D eigenvalue weighted by Crippen LogP contribution is -2.33. The van der Waals surface area contributed by atoms with Gasteiger partial charge in [-0.25, -0.2) is 9.69 Å². The molecule has 2 aromatic carbocycles. The van der Waals surface area contributed by atoms with Crippen LogP contribution in [-0.2, 0) is 9.59 Å². The molecule has 1 saturated heterocycles. The van der Waals surface area contributed by atoms with Crippen LogP contribution in [-0.4, -0.2) is 23.6 Å². The first-order valence-electron chi connectivity index (χ1n) is 9.94. The SMILES string of the molecule is CC(=O)c1ccccc1OC(=O)c1cccc(N2C(=O)[C@@H]3[C@@H](C2=O)[C@@H]2C=C[C@@H]3C2)c1. The maximum atomic E-state index is 13.0. The quantitative estimate of drug-likeness (QED) is 0.258. The predicted molar refractivity (Wildman–Crippen MR) is 108 cm³/mol. The fraction of sp³-hybridized carbons (Fsp3) is 0.250. The average Bonchev–Trinajstić information content (AvgIpc) is 3.42. The Labute approximate surface area is 173 Å². The van der Waals surface area contributed by atoms with Gasteiger partial charge in [-0.1, -0.05) is 30.4 Å². The van der Waals surface area contributed by atoms with Gasteiger partial charge in [-0.2, -0.15) is 0 Å². The molecule has 6 heteroatoms. The van der Waals surface area contributed by atoms with Crippen LogP contribution in [0.15, 0.2) is 60.7 Å². The molecule has 0 unspecified atom stereocenters. The number of ether oxygens (including phenoxy) is 1. The molecule has 0 radical (unpaired) electrons. The van der Waals surface area contributed by atoms with Crippen molar-refractivity contribution in [3.05, 3.63) is 71.8 Å². The Bertz CT molecular complexity index is 1100. The van der Waals surface area contributed by atoms with Crippen molar-refractivity contribution < 1.29 is 23.9 Å². The Morgan fingerprint density at radius 1 is 0.933 bits per heavy atom. The second kappa shape index (κ2) is 6.76. The van der Waals surface area contributed by atoms with Crippen molar-refractivity contribution in [2.45, 2.75) is 13.3 Å². The van der Waals surface area contributed by atoms with Gasteiger partial charge in [0, 0.05) is 0 Å². The zero-order valence-corrected chi connectivity index (χ0v) is 16.3. The van der Waals surface area contributed by atoms with Crippen molar-refractivity contribution in [1.82, 2.24) is 0 Å². The summed E-state index contributed by atoms with van der Waals surface area (Å²) >= 11 is 0. The zero-order valence-electron chi connectivity index (χ0n) is 16.3. The highest BCUT2D eigenvalue weighted by molar-refractivity contribution is 6.23. The number of allylic oxidation sites excluding steroid dienone is 2. The van der Waals surface area contributed by atoms with E-state index in [0.717, 1.165) is 6.42 Å². The molecule has 30 heavy (non-hydrogen) atoms. The lowest BCUT2D eigenvalue weighted by molar-refractivity contribution is -0.123. The van der Waals surface area contributed by atoms with Crippen molar-refractivity contribution in [3.8, 4) is 5.75 Å². The van der Waals surface area contributed by atoms with E-state index in [2.05, 4.69) is 0 Å². The molecule has 6 nitrogen and oxygen atoms in total. The monoisotopic (exact) mass is 401 g/mol. The number of ketones is 1. The molecular weight excluding hydrogens is 382 g/mol. The van der Waals surface area contributed by atoms with E-state index in [1.165, 1.54) is 17.9 Å². The minimum atomic E-state index is -0.661. The van der Waals surface area contributed by atoms with Gasteiger partial charge in [0.25, 0.3) is 0 Å². The predicted octanol–water partition coefficient (Wildman–Crippen LogP) is 3.42. The van der Waals surface area contributed by atoms with Crippen molar-refractivity contribution >= 4 is 29.3 Å². The minimum Gasteiger partial charge on any atom is -0.422 e. The maximum absolute atomic E-state index is 13.0. The highest BCUT2D eigenvalue weighted by Gasteiger charge is 2.59. The Morgan fingerprint density at radius 2 is 1.60 bits per heavy atom. The largest absolute Gasteiger partial charge is 0.422 e. The molecule has 2 aliphatic carbocycles. The first-order valence-corrected chi connectivity index (χ1v) is 9.94. The molecule has 1 aliphatic heterocycles. The molecule has 3 aliphatic rings. The van der Waals surface area contributed by atoms with Crippen LogP contribution >= 0.6 is 0 Å². The summed E-state index contributed by atoms with van der Waals surface area (Å²) in [5.41, 5.74) is 0.875. The molecule has 0 aromatic heterocycles. The van der Waals surface area contributed by atoms with Crippen LogP contribution in [0, 0.1) is 23.7 Å². The van der Waals surface area contributed by atoms with E-state index in [1.807, 2.05) is 12.2 Å². The van der Waals surface area contributed by atoms with Gasteiger partial charge in [0.2, 0.25) is 11.8 Å². The third-order valence-corrected chi connectivity index (χ3v) is 6.28. The maximum Gasteiger partial charge on any atom is 0.343 e. The number of carbonyl (C=O) groups excluding carboxylic acids is 4. The van der Waals surface area contributed by atoms with Crippen molar-refractivity contribution in [2.75, 3.05) is 4.90 Å². The Morgan fingerprint density at radius 3 is 2.27 bits per heavy atom. The number of rotatable bonds is 4. The second-order valence-corrected chi connectivity index (χ2v) is 8.00. The summed E-state index contributed by atoms with van der Waals surface area (Å²) in [5, 5.41) is 0. The van der Waals surface area contributed by atoms with Crippen LogP contribution in [0.4, 0.5) is 5.69 Å². The van der Waals surface area contributed by atoms with Crippen LogP contribution in [0.25, 0.3) is 0 Å². The second-order valence-electron chi connectivity index (χ2n) is 8.00. The highest BCUT2D eigenvalue weighted by Crippen LogP contribution is 2.53. The molecule has 2 fully saturated rings. The summed E-state index contributed by atoms with van der Waals surface area (Å²) in [6.45, 7) is 1.40. The molecular formula is C24H19NO5. The number of hydrogen-bond donors (Lipinski definition) is 0. The van der Waals surface area contributed by atoms with Gasteiger partial charge >= 0.3 is 5.97 Å². The molecule has 1 heterocycles. The smallest absolute Gasteiger partial charge is 0.343 e. The molecule has 2 aromatic rings. The first-order chi connectivity index (χ1) is 14.5. The summed E-state index contributed by atoms with van der Waals surface area (Å²) in [6, 6.07) is 12.8. The molecule has 0 spiro atoms. The van der Waals surface area contributed by atoms with E-state index in [9.17, 15) is 19.2 Å². The summed E-state index contributed by atoms with van der Waals surface area (Å²) in [4.78, 5) is 51.7. The molecule has 2 bridgehead atoms. The topological polar surface area (TPSA) is 80.8 Å². The van der Waals surface area contributed by atoms with E-state index in [-0.39, 0.29) is 52.6 Å². The average molecular weight is 401 g/mol. The van der Waals surface area contributed by atoms with E-state index in [4.69, 9.17) is 4.74 Å². The van der Waals surface area contributed by atoms with Gasteiger partial charge in [0.05, 0.1) is 28.7 Å². The number of anilines is 1. The van der Waals surface area contributed by atoms with Gasteiger partial charge in [-0.3, -0.25) is 14.4 Å². The number of imide groups is 1. The number of hydrogen-bond acceptors (Lipinski definition) is 5. The van der Waals surface area contributed by atoms with Gasteiger partial charge < -0.3 is 4.74 Å². The highest BCUT2D eigenvalue weighted by atomic mass is 16.5. The standard InChI is InChI=1S/C24H19NO5/c1-13(26)18-7-2-3-8-19(18)30-24(29)16-5-4-6-17(12-16)25-22(27)20-14-9-10-15(11-14)21(20)23(25)28/h2-10,12,14-15,20-21H,11H2,1H3/t14-,15-,20+,21+/m1/s1. The van der Waals surface area contributed by atoms with E-state index in [1.54, 1.807) is 42.5 Å². The third kappa shape index (κ3) is 2.71. The van der Waals surface area contributed by atoms with Gasteiger partial charge in [0.15, 0.2) is 5.78 Å². The number of Topliss-reactive ketones (excluding diaryl/α,β-unsaturated/α-hetero) is 1. The van der Waals surface area contributed by atoms with Crippen LogP contribution in [0.3, 0.4) is 0 Å². The molecule has 4 atom stereocenters. The zero-order chi connectivity index (χ0) is 21.0. The van der Waals surface area contributed by atoms with Gasteiger partial charge in [-0.15, -0.1) is 0 Å². The summed E-state index contributed by atoms with van der Waals surface area (Å²) in [7, 11) is 0. The number of nitrogens with zero attached hydrogens (tertiary/aromatic N) is 1. The Kier molecular flexibility index (Phi) is 4.17. The number of para-hydroxylation sites is 1. The normalized spacial score (nSPS) is 26.2. The number of esters is 1. The summed E-state index contributed by atoms with van der Waals surface area (Å²) < 4.78 is 5.42. The van der Waals surface area contributed by atoms with Crippen LogP contribution in [0.5, 0.6) is 5.75 Å². The lowest BCUT2D eigenvalue weighted by Gasteiger charge is -2.18. The fourth-order valence-corrected chi connectivity index (χ4v) is 4.93. The molecule has 0 N–H and O–H groups in total. The summed E-state index contributed by atoms with van der Waals surface area (Å²) in [5.74, 6) is -1.46. The van der Waals surface area contributed by atoms with Crippen molar-refractivity contribution in [2.24, 2.45) is 23.7 Å². The number of carbonyl (C=O) groups is 4. The number of benzene rings is 2. The fourth-order valence-electron chi connectivity index (χ4n) is 4.93. The Hall–Kier alpha value is -3.54. The Balaban J connectivity index is 1.42. The van der Waals surface area contributed by atoms with Crippen molar-refractivity contribution in [3.63, 3.8) is 0 Å². The van der Waals surface area contributed by atoms with Crippen molar-refractivity contribution in [1.29, 1.82) is 0 Å². The minimum absolute atomic E-state index is 0.123.